The van der Waals surface area contributed by atoms with Crippen molar-refractivity contribution in [3.05, 3.63) is 12.2 Å². The molecular formula is C34H67KO4S. The normalized spacial score (nSPS) is 12.7. The van der Waals surface area contributed by atoms with E-state index in [1.165, 1.54) is 161 Å². The van der Waals surface area contributed by atoms with E-state index in [0.717, 1.165) is 19.3 Å². The summed E-state index contributed by atoms with van der Waals surface area (Å²) in [5.41, 5.74) is 0. The molecule has 0 fully saturated rings. The van der Waals surface area contributed by atoms with Crippen LogP contribution < -0.4 is 51.4 Å². The number of allylic oxidation sites excluding steroid dienone is 1. The van der Waals surface area contributed by atoms with E-state index in [1.807, 2.05) is 0 Å². The molecule has 0 aromatic rings. The Bertz CT molecular complexity index is 609. The third kappa shape index (κ3) is 37.3. The van der Waals surface area contributed by atoms with Crippen molar-refractivity contribution in [2.75, 3.05) is 6.61 Å². The molecule has 0 spiro atoms. The monoisotopic (exact) mass is 610 g/mol. The van der Waals surface area contributed by atoms with Crippen molar-refractivity contribution >= 4 is 10.4 Å². The largest absolute Gasteiger partial charge is 1.00 e. The molecule has 40 heavy (non-hydrogen) atoms. The quantitative estimate of drug-likeness (QED) is 0.0251. The average molecular weight is 611 g/mol. The standard InChI is InChI=1S/C34H68O4S.K/c1-3-5-7-9-11-13-15-16-17-18-19-20-22-24-26-28-30-32-34(33-38-39(35,36)37)31-29-27-25-23-21-14-12-10-8-6-4-2;/h30,32,34H,3-29,31,33H2,1-2H3,(H,35,36,37);/q;+1/p-1/b32-30+;. The van der Waals surface area contributed by atoms with E-state index in [0.29, 0.717) is 0 Å². The van der Waals surface area contributed by atoms with Crippen LogP contribution in [0.3, 0.4) is 0 Å². The molecule has 4 nitrogen and oxygen atoms in total. The zero-order valence-electron chi connectivity index (χ0n) is 27.3. The molecule has 0 N–H and O–H groups in total. The molecular weight excluding hydrogens is 544 g/mol. The topological polar surface area (TPSA) is 66.4 Å². The van der Waals surface area contributed by atoms with Crippen LogP contribution in [0.4, 0.5) is 0 Å². The summed E-state index contributed by atoms with van der Waals surface area (Å²) in [4.78, 5) is 0. The first kappa shape index (κ1) is 43.4. The van der Waals surface area contributed by atoms with Gasteiger partial charge in [-0.05, 0) is 19.3 Å². The summed E-state index contributed by atoms with van der Waals surface area (Å²) in [6.07, 6.45) is 41.0. The molecule has 0 heterocycles. The first-order chi connectivity index (χ1) is 19.0. The van der Waals surface area contributed by atoms with Crippen LogP contribution in [0.15, 0.2) is 12.2 Å². The Morgan fingerprint density at radius 2 is 0.875 bits per heavy atom. The van der Waals surface area contributed by atoms with E-state index in [2.05, 4.69) is 30.2 Å². The fraction of sp³-hybridized carbons (Fsp3) is 0.941. The molecule has 0 aromatic heterocycles. The summed E-state index contributed by atoms with van der Waals surface area (Å²) in [5, 5.41) is 0. The van der Waals surface area contributed by atoms with E-state index < -0.39 is 10.4 Å². The zero-order chi connectivity index (χ0) is 28.7. The maximum absolute atomic E-state index is 10.9. The molecule has 0 aliphatic rings. The van der Waals surface area contributed by atoms with Gasteiger partial charge in [-0.2, -0.15) is 0 Å². The van der Waals surface area contributed by atoms with Gasteiger partial charge in [0.2, 0.25) is 10.4 Å². The van der Waals surface area contributed by atoms with Crippen molar-refractivity contribution in [3.63, 3.8) is 0 Å². The van der Waals surface area contributed by atoms with Gasteiger partial charge >= 0.3 is 51.4 Å². The summed E-state index contributed by atoms with van der Waals surface area (Å²) < 4.78 is 37.4. The van der Waals surface area contributed by atoms with Gasteiger partial charge in [-0.3, -0.25) is 4.18 Å². The molecule has 0 aliphatic carbocycles. The average Bonchev–Trinajstić information content (AvgIpc) is 2.91. The number of hydrogen-bond donors (Lipinski definition) is 0. The minimum absolute atomic E-state index is 0. The third-order valence-electron chi connectivity index (χ3n) is 7.99. The van der Waals surface area contributed by atoms with E-state index in [-0.39, 0.29) is 63.9 Å². The number of unbranched alkanes of at least 4 members (excludes halogenated alkanes) is 25. The van der Waals surface area contributed by atoms with Gasteiger partial charge in [0.05, 0.1) is 6.61 Å². The first-order valence-corrected chi connectivity index (χ1v) is 18.6. The summed E-state index contributed by atoms with van der Waals surface area (Å²) >= 11 is 0. The minimum Gasteiger partial charge on any atom is -0.726 e. The SMILES string of the molecule is CCCCCCCCCCCCCCCCC/C=C/C(CCCCCCCCCCCCC)COS(=O)(=O)[O-].[K+]. The molecule has 1 unspecified atom stereocenters. The van der Waals surface area contributed by atoms with Crippen LogP contribution in [0.25, 0.3) is 0 Å². The van der Waals surface area contributed by atoms with Gasteiger partial charge in [-0.15, -0.1) is 0 Å². The van der Waals surface area contributed by atoms with Crippen LogP contribution in [0.5, 0.6) is 0 Å². The van der Waals surface area contributed by atoms with Gasteiger partial charge in [0.15, 0.2) is 0 Å². The van der Waals surface area contributed by atoms with E-state index in [1.54, 1.807) is 0 Å². The Labute approximate surface area is 294 Å². The molecule has 1 atom stereocenters. The van der Waals surface area contributed by atoms with Gasteiger partial charge < -0.3 is 4.55 Å². The van der Waals surface area contributed by atoms with Crippen LogP contribution in [0, 0.1) is 5.92 Å². The molecule has 0 saturated carbocycles. The fourth-order valence-electron chi connectivity index (χ4n) is 5.40. The van der Waals surface area contributed by atoms with E-state index in [4.69, 9.17) is 0 Å². The van der Waals surface area contributed by atoms with E-state index >= 15 is 0 Å². The summed E-state index contributed by atoms with van der Waals surface area (Å²) in [6.45, 7) is 4.52. The van der Waals surface area contributed by atoms with Crippen molar-refractivity contribution in [1.29, 1.82) is 0 Å². The summed E-state index contributed by atoms with van der Waals surface area (Å²) in [7, 11) is -4.62. The number of rotatable bonds is 32. The molecule has 0 amide bonds. The third-order valence-corrected chi connectivity index (χ3v) is 8.41. The van der Waals surface area contributed by atoms with Gasteiger partial charge in [0, 0.05) is 5.92 Å². The summed E-state index contributed by atoms with van der Waals surface area (Å²) in [5.74, 6) is 0.0173. The van der Waals surface area contributed by atoms with Crippen molar-refractivity contribution in [1.82, 2.24) is 0 Å². The Morgan fingerprint density at radius 3 is 1.23 bits per heavy atom. The predicted molar refractivity (Wildman–Crippen MR) is 169 cm³/mol. The molecule has 0 rings (SSSR count). The van der Waals surface area contributed by atoms with Crippen LogP contribution >= 0.6 is 0 Å². The molecule has 0 bridgehead atoms. The van der Waals surface area contributed by atoms with Crippen LogP contribution in [-0.2, 0) is 14.6 Å². The van der Waals surface area contributed by atoms with Gasteiger partial charge in [0.25, 0.3) is 0 Å². The van der Waals surface area contributed by atoms with Crippen LogP contribution in [0.1, 0.15) is 194 Å². The Balaban J connectivity index is 0. The van der Waals surface area contributed by atoms with Crippen molar-refractivity contribution in [2.45, 2.75) is 194 Å². The Hall–Kier alpha value is 1.25. The molecule has 0 saturated heterocycles. The maximum Gasteiger partial charge on any atom is 1.00 e. The molecule has 6 heteroatoms. The molecule has 0 radical (unpaired) electrons. The Morgan fingerprint density at radius 1 is 0.550 bits per heavy atom. The molecule has 0 aliphatic heterocycles. The summed E-state index contributed by atoms with van der Waals surface area (Å²) in [6, 6.07) is 0. The fourth-order valence-corrected chi connectivity index (χ4v) is 5.74. The smallest absolute Gasteiger partial charge is 0.726 e. The first-order valence-electron chi connectivity index (χ1n) is 17.3. The van der Waals surface area contributed by atoms with Gasteiger partial charge in [0.1, 0.15) is 0 Å². The minimum atomic E-state index is -4.62. The van der Waals surface area contributed by atoms with Crippen molar-refractivity contribution < 1.29 is 68.5 Å². The van der Waals surface area contributed by atoms with E-state index in [9.17, 15) is 13.0 Å². The van der Waals surface area contributed by atoms with Gasteiger partial charge in [-0.25, -0.2) is 8.42 Å². The van der Waals surface area contributed by atoms with Crippen LogP contribution in [0.2, 0.25) is 0 Å². The van der Waals surface area contributed by atoms with Crippen LogP contribution in [-0.4, -0.2) is 19.6 Å². The van der Waals surface area contributed by atoms with Crippen molar-refractivity contribution in [2.24, 2.45) is 5.92 Å². The second-order valence-electron chi connectivity index (χ2n) is 11.9. The van der Waals surface area contributed by atoms with Crippen molar-refractivity contribution in [3.8, 4) is 0 Å². The molecule has 0 aromatic carbocycles. The Kier molecular flexibility index (Phi) is 37.7. The maximum atomic E-state index is 10.9. The predicted octanol–water partition coefficient (Wildman–Crippen LogP) is 8.60. The molecule has 234 valence electrons. The second kappa shape index (κ2) is 34.7. The zero-order valence-corrected chi connectivity index (χ0v) is 31.2. The van der Waals surface area contributed by atoms with Gasteiger partial charge in [-0.1, -0.05) is 187 Å². The second-order valence-corrected chi connectivity index (χ2v) is 13.0. The number of hydrogen-bond acceptors (Lipinski definition) is 4.